The standard InChI is InChI=1S/C20H19ClN2O8S/c21-16-11-14(23(25)26)1-3-17(16)31-20(24)13-5-7-22(8-6-13)32(27,28)15-2-4-18-19(12-15)30-10-9-29-18/h1-4,11-13H,5-10H2. The van der Waals surface area contributed by atoms with Crippen LogP contribution in [-0.2, 0) is 14.8 Å². The van der Waals surface area contributed by atoms with Crippen molar-refractivity contribution in [2.24, 2.45) is 5.92 Å². The Balaban J connectivity index is 1.39. The number of sulfonamides is 1. The molecule has 0 aromatic heterocycles. The second-order valence-corrected chi connectivity index (χ2v) is 9.62. The fourth-order valence-corrected chi connectivity index (χ4v) is 5.24. The number of non-ortho nitro benzene ring substituents is 1. The smallest absolute Gasteiger partial charge is 0.314 e. The number of nitrogens with zero attached hydrogens (tertiary/aromatic N) is 2. The van der Waals surface area contributed by atoms with Crippen LogP contribution in [-0.4, -0.2) is 49.9 Å². The molecule has 0 N–H and O–H groups in total. The molecule has 1 fully saturated rings. The molecule has 2 aromatic carbocycles. The van der Waals surface area contributed by atoms with Gasteiger partial charge in [0, 0.05) is 31.3 Å². The summed E-state index contributed by atoms with van der Waals surface area (Å²) in [6.07, 6.45) is 0.542. The Labute approximate surface area is 188 Å². The molecular formula is C20H19ClN2O8S. The van der Waals surface area contributed by atoms with E-state index in [1.165, 1.54) is 28.6 Å². The van der Waals surface area contributed by atoms with Crippen LogP contribution in [0.2, 0.25) is 5.02 Å². The van der Waals surface area contributed by atoms with Crippen molar-refractivity contribution in [3.8, 4) is 17.2 Å². The van der Waals surface area contributed by atoms with Gasteiger partial charge in [0.2, 0.25) is 10.0 Å². The number of hydrogen-bond donors (Lipinski definition) is 0. The molecule has 2 aliphatic heterocycles. The molecule has 4 rings (SSSR count). The van der Waals surface area contributed by atoms with E-state index in [1.807, 2.05) is 0 Å². The lowest BCUT2D eigenvalue weighted by Crippen LogP contribution is -2.41. The van der Waals surface area contributed by atoms with Gasteiger partial charge in [-0.1, -0.05) is 11.6 Å². The first-order valence-corrected chi connectivity index (χ1v) is 11.6. The fraction of sp³-hybridized carbons (Fsp3) is 0.350. The zero-order valence-electron chi connectivity index (χ0n) is 16.7. The molecule has 0 atom stereocenters. The summed E-state index contributed by atoms with van der Waals surface area (Å²) in [5, 5.41) is 10.7. The lowest BCUT2D eigenvalue weighted by molar-refractivity contribution is -0.384. The van der Waals surface area contributed by atoms with Gasteiger partial charge in [-0.2, -0.15) is 4.31 Å². The minimum atomic E-state index is -3.76. The number of ether oxygens (including phenoxy) is 3. The third kappa shape index (κ3) is 4.50. The van der Waals surface area contributed by atoms with Crippen LogP contribution in [0.5, 0.6) is 17.2 Å². The number of carbonyl (C=O) groups excluding carboxylic acids is 1. The summed E-state index contributed by atoms with van der Waals surface area (Å²) in [6.45, 7) is 1.05. The predicted molar refractivity (Wildman–Crippen MR) is 113 cm³/mol. The molecule has 12 heteroatoms. The summed E-state index contributed by atoms with van der Waals surface area (Å²) < 4.78 is 43.5. The van der Waals surface area contributed by atoms with Crippen molar-refractivity contribution in [2.75, 3.05) is 26.3 Å². The summed E-state index contributed by atoms with van der Waals surface area (Å²) in [5.74, 6) is -0.170. The van der Waals surface area contributed by atoms with Crippen molar-refractivity contribution in [1.82, 2.24) is 4.31 Å². The third-order valence-electron chi connectivity index (χ3n) is 5.28. The maximum Gasteiger partial charge on any atom is 0.314 e. The summed E-state index contributed by atoms with van der Waals surface area (Å²) in [5.41, 5.74) is -0.215. The first-order chi connectivity index (χ1) is 15.3. The van der Waals surface area contributed by atoms with Gasteiger partial charge in [0.15, 0.2) is 11.5 Å². The number of nitro benzene ring substituents is 1. The summed E-state index contributed by atoms with van der Waals surface area (Å²) in [6, 6.07) is 8.05. The maximum atomic E-state index is 13.0. The van der Waals surface area contributed by atoms with Gasteiger partial charge in [0.1, 0.15) is 19.0 Å². The van der Waals surface area contributed by atoms with Crippen molar-refractivity contribution in [3.05, 3.63) is 51.5 Å². The Hall–Kier alpha value is -2.89. The van der Waals surface area contributed by atoms with Gasteiger partial charge in [-0.15, -0.1) is 0 Å². The van der Waals surface area contributed by atoms with Crippen molar-refractivity contribution >= 4 is 33.3 Å². The average molecular weight is 483 g/mol. The fourth-order valence-electron chi connectivity index (χ4n) is 3.54. The van der Waals surface area contributed by atoms with Crippen molar-refractivity contribution in [2.45, 2.75) is 17.7 Å². The number of hydrogen-bond acceptors (Lipinski definition) is 8. The molecule has 2 aliphatic rings. The lowest BCUT2D eigenvalue weighted by atomic mass is 9.98. The van der Waals surface area contributed by atoms with Crippen molar-refractivity contribution in [3.63, 3.8) is 0 Å². The highest BCUT2D eigenvalue weighted by Gasteiger charge is 2.34. The van der Waals surface area contributed by atoms with Gasteiger partial charge in [-0.05, 0) is 31.0 Å². The van der Waals surface area contributed by atoms with Crippen LogP contribution in [0.3, 0.4) is 0 Å². The number of nitro groups is 1. The number of piperidine rings is 1. The van der Waals surface area contributed by atoms with E-state index in [-0.39, 0.29) is 47.3 Å². The van der Waals surface area contributed by atoms with Gasteiger partial charge in [-0.3, -0.25) is 14.9 Å². The first kappa shape index (κ1) is 22.3. The molecule has 32 heavy (non-hydrogen) atoms. The number of carbonyl (C=O) groups is 1. The molecule has 1 saturated heterocycles. The average Bonchev–Trinajstić information content (AvgIpc) is 2.80. The SMILES string of the molecule is O=C(Oc1ccc([N+](=O)[O-])cc1Cl)C1CCN(S(=O)(=O)c2ccc3c(c2)OCCO3)CC1. The van der Waals surface area contributed by atoms with E-state index in [1.54, 1.807) is 6.07 Å². The van der Waals surface area contributed by atoms with Crippen LogP contribution in [0.4, 0.5) is 5.69 Å². The van der Waals surface area contributed by atoms with Gasteiger partial charge in [-0.25, -0.2) is 8.42 Å². The van der Waals surface area contributed by atoms with Crippen molar-refractivity contribution in [1.29, 1.82) is 0 Å². The Kier molecular flexibility index (Phi) is 6.22. The number of fused-ring (bicyclic) bond motifs is 1. The maximum absolute atomic E-state index is 13.0. The molecule has 0 saturated carbocycles. The molecule has 2 heterocycles. The van der Waals surface area contributed by atoms with Crippen LogP contribution in [0, 0.1) is 16.0 Å². The second kappa shape index (κ2) is 8.93. The second-order valence-electron chi connectivity index (χ2n) is 7.28. The molecule has 2 aromatic rings. The molecule has 0 radical (unpaired) electrons. The Morgan fingerprint density at radius 3 is 2.44 bits per heavy atom. The lowest BCUT2D eigenvalue weighted by Gasteiger charge is -2.30. The Morgan fingerprint density at radius 1 is 1.09 bits per heavy atom. The highest BCUT2D eigenvalue weighted by Crippen LogP contribution is 2.34. The van der Waals surface area contributed by atoms with Crippen LogP contribution in [0.15, 0.2) is 41.3 Å². The summed E-state index contributed by atoms with van der Waals surface area (Å²) >= 11 is 5.97. The summed E-state index contributed by atoms with van der Waals surface area (Å²) in [7, 11) is -3.76. The monoisotopic (exact) mass is 482 g/mol. The van der Waals surface area contributed by atoms with E-state index in [0.29, 0.717) is 24.7 Å². The van der Waals surface area contributed by atoms with E-state index in [9.17, 15) is 23.3 Å². The van der Waals surface area contributed by atoms with Gasteiger partial charge in [0.25, 0.3) is 5.69 Å². The molecule has 0 aliphatic carbocycles. The number of halogens is 1. The van der Waals surface area contributed by atoms with E-state index in [4.69, 9.17) is 25.8 Å². The van der Waals surface area contributed by atoms with Crippen LogP contribution in [0.1, 0.15) is 12.8 Å². The predicted octanol–water partition coefficient (Wildman–Crippen LogP) is 3.03. The van der Waals surface area contributed by atoms with Gasteiger partial charge >= 0.3 is 5.97 Å². The zero-order chi connectivity index (χ0) is 22.9. The largest absolute Gasteiger partial charge is 0.486 e. The minimum Gasteiger partial charge on any atom is -0.486 e. The van der Waals surface area contributed by atoms with Gasteiger partial charge < -0.3 is 14.2 Å². The van der Waals surface area contributed by atoms with Crippen LogP contribution < -0.4 is 14.2 Å². The number of rotatable bonds is 5. The Morgan fingerprint density at radius 2 is 1.78 bits per heavy atom. The van der Waals surface area contributed by atoms with E-state index in [0.717, 1.165) is 6.07 Å². The topological polar surface area (TPSA) is 125 Å². The van der Waals surface area contributed by atoms with E-state index in [2.05, 4.69) is 0 Å². The number of esters is 1. The molecular weight excluding hydrogens is 464 g/mol. The Bertz CT molecular complexity index is 1160. The molecule has 170 valence electrons. The van der Waals surface area contributed by atoms with E-state index >= 15 is 0 Å². The molecule has 0 unspecified atom stereocenters. The first-order valence-electron chi connectivity index (χ1n) is 9.81. The number of benzene rings is 2. The van der Waals surface area contributed by atoms with Gasteiger partial charge in [0.05, 0.1) is 20.8 Å². The molecule has 0 bridgehead atoms. The minimum absolute atomic E-state index is 0.0218. The van der Waals surface area contributed by atoms with Crippen molar-refractivity contribution < 1.29 is 32.3 Å². The highest BCUT2D eigenvalue weighted by molar-refractivity contribution is 7.89. The third-order valence-corrected chi connectivity index (χ3v) is 7.47. The highest BCUT2D eigenvalue weighted by atomic mass is 35.5. The zero-order valence-corrected chi connectivity index (χ0v) is 18.3. The van der Waals surface area contributed by atoms with Crippen LogP contribution in [0.25, 0.3) is 0 Å². The normalized spacial score (nSPS) is 17.0. The molecule has 0 spiro atoms. The quantitative estimate of drug-likeness (QED) is 0.275. The molecule has 10 nitrogen and oxygen atoms in total. The van der Waals surface area contributed by atoms with E-state index < -0.39 is 26.8 Å². The molecule has 0 amide bonds. The summed E-state index contributed by atoms with van der Waals surface area (Å²) in [4.78, 5) is 22.8. The van der Waals surface area contributed by atoms with Crippen LogP contribution >= 0.6 is 11.6 Å².